The van der Waals surface area contributed by atoms with Gasteiger partial charge in [-0.1, -0.05) is 43.2 Å². The Hall–Kier alpha value is -2.74. The molecule has 3 aromatic rings. The first kappa shape index (κ1) is 21.5. The summed E-state index contributed by atoms with van der Waals surface area (Å²) in [6, 6.07) is 11.8. The topological polar surface area (TPSA) is 82.2 Å². The second kappa shape index (κ2) is 10.0. The third-order valence-electron chi connectivity index (χ3n) is 5.54. The molecule has 1 amide bonds. The molecule has 1 N–H and O–H groups in total. The highest BCUT2D eigenvalue weighted by molar-refractivity contribution is 8.00. The summed E-state index contributed by atoms with van der Waals surface area (Å²) >= 11 is 1.42. The van der Waals surface area contributed by atoms with Crippen molar-refractivity contribution >= 4 is 17.7 Å². The molecule has 1 atom stereocenters. The van der Waals surface area contributed by atoms with Crippen LogP contribution in [-0.2, 0) is 11.3 Å². The van der Waals surface area contributed by atoms with Crippen LogP contribution in [0.4, 0.5) is 0 Å². The molecule has 4 rings (SSSR count). The molecular formula is C23H28N4O3S. The van der Waals surface area contributed by atoms with Crippen LogP contribution in [0.5, 0.6) is 5.75 Å². The minimum Gasteiger partial charge on any atom is -0.497 e. The predicted octanol–water partition coefficient (Wildman–Crippen LogP) is 4.52. The molecule has 7 nitrogen and oxygen atoms in total. The fourth-order valence-corrected chi connectivity index (χ4v) is 4.69. The maximum atomic E-state index is 12.8. The third-order valence-corrected chi connectivity index (χ3v) is 6.62. The molecule has 31 heavy (non-hydrogen) atoms. The van der Waals surface area contributed by atoms with Crippen molar-refractivity contribution in [3.05, 3.63) is 48.4 Å². The molecule has 2 aromatic heterocycles. The van der Waals surface area contributed by atoms with Crippen molar-refractivity contribution in [2.45, 2.75) is 62.0 Å². The summed E-state index contributed by atoms with van der Waals surface area (Å²) < 4.78 is 12.9. The van der Waals surface area contributed by atoms with Gasteiger partial charge in [0, 0.05) is 11.6 Å². The summed E-state index contributed by atoms with van der Waals surface area (Å²) in [5.74, 6) is 2.30. The summed E-state index contributed by atoms with van der Waals surface area (Å²) in [6.07, 6.45) is 7.43. The van der Waals surface area contributed by atoms with E-state index < -0.39 is 0 Å². The van der Waals surface area contributed by atoms with E-state index in [0.29, 0.717) is 17.5 Å². The van der Waals surface area contributed by atoms with E-state index in [-0.39, 0.29) is 17.2 Å². The Morgan fingerprint density at radius 1 is 1.26 bits per heavy atom. The normalized spacial score (nSPS) is 15.5. The maximum absolute atomic E-state index is 12.8. The maximum Gasteiger partial charge on any atom is 0.233 e. The van der Waals surface area contributed by atoms with E-state index in [1.807, 2.05) is 47.9 Å². The number of furan rings is 1. The number of thioether (sulfide) groups is 1. The first-order valence-corrected chi connectivity index (χ1v) is 11.6. The molecule has 1 fully saturated rings. The fraction of sp³-hybridized carbons (Fsp3) is 0.435. The monoisotopic (exact) mass is 440 g/mol. The molecule has 0 saturated heterocycles. The molecular weight excluding hydrogens is 412 g/mol. The van der Waals surface area contributed by atoms with Crippen LogP contribution in [-0.4, -0.2) is 39.1 Å². The van der Waals surface area contributed by atoms with Gasteiger partial charge in [-0.05, 0) is 44.0 Å². The average Bonchev–Trinajstić information content (AvgIpc) is 3.45. The zero-order valence-electron chi connectivity index (χ0n) is 17.9. The van der Waals surface area contributed by atoms with Gasteiger partial charge < -0.3 is 14.5 Å². The van der Waals surface area contributed by atoms with Crippen molar-refractivity contribution in [2.75, 3.05) is 7.11 Å². The average molecular weight is 441 g/mol. The lowest BCUT2D eigenvalue weighted by Crippen LogP contribution is -2.40. The Labute approximate surface area is 186 Å². The van der Waals surface area contributed by atoms with Crippen LogP contribution in [0.25, 0.3) is 11.4 Å². The van der Waals surface area contributed by atoms with Gasteiger partial charge >= 0.3 is 0 Å². The van der Waals surface area contributed by atoms with Crippen LogP contribution in [0.1, 0.15) is 44.8 Å². The first-order valence-electron chi connectivity index (χ1n) is 10.7. The molecule has 1 aromatic carbocycles. The second-order valence-corrected chi connectivity index (χ2v) is 9.12. The Bertz CT molecular complexity index is 996. The van der Waals surface area contributed by atoms with E-state index in [9.17, 15) is 4.79 Å². The van der Waals surface area contributed by atoms with Crippen LogP contribution >= 0.6 is 11.8 Å². The second-order valence-electron chi connectivity index (χ2n) is 7.81. The summed E-state index contributed by atoms with van der Waals surface area (Å²) in [6.45, 7) is 2.39. The van der Waals surface area contributed by atoms with E-state index in [1.54, 1.807) is 13.4 Å². The zero-order chi connectivity index (χ0) is 21.6. The van der Waals surface area contributed by atoms with Crippen LogP contribution in [0, 0.1) is 0 Å². The Morgan fingerprint density at radius 3 is 2.84 bits per heavy atom. The number of nitrogens with zero attached hydrogens (tertiary/aromatic N) is 3. The summed E-state index contributed by atoms with van der Waals surface area (Å²) in [5.41, 5.74) is 0.893. The summed E-state index contributed by atoms with van der Waals surface area (Å²) in [4.78, 5) is 12.8. The standard InChI is InChI=1S/C23H28N4O3S/c1-16(22(28)24-18-9-4-3-5-10-18)31-23-26-25-21(17-8-6-11-19(14-17)29-2)27(23)15-20-12-7-13-30-20/h6-8,11-14,16,18H,3-5,9-10,15H2,1-2H3,(H,24,28). The molecule has 1 unspecified atom stereocenters. The van der Waals surface area contributed by atoms with Gasteiger partial charge in [0.15, 0.2) is 11.0 Å². The number of carbonyl (C=O) groups is 1. The Balaban J connectivity index is 1.56. The van der Waals surface area contributed by atoms with E-state index in [4.69, 9.17) is 9.15 Å². The predicted molar refractivity (Wildman–Crippen MR) is 120 cm³/mol. The molecule has 0 bridgehead atoms. The highest BCUT2D eigenvalue weighted by Crippen LogP contribution is 2.30. The molecule has 2 heterocycles. The number of amides is 1. The van der Waals surface area contributed by atoms with Crippen molar-refractivity contribution in [2.24, 2.45) is 0 Å². The number of carbonyl (C=O) groups excluding carboxylic acids is 1. The number of hydrogen-bond donors (Lipinski definition) is 1. The van der Waals surface area contributed by atoms with Gasteiger partial charge in [-0.15, -0.1) is 10.2 Å². The number of ether oxygens (including phenoxy) is 1. The van der Waals surface area contributed by atoms with Gasteiger partial charge in [-0.3, -0.25) is 9.36 Å². The van der Waals surface area contributed by atoms with Crippen LogP contribution in [0.2, 0.25) is 0 Å². The minimum atomic E-state index is -0.278. The van der Waals surface area contributed by atoms with Crippen molar-refractivity contribution in [1.82, 2.24) is 20.1 Å². The summed E-state index contributed by atoms with van der Waals surface area (Å²) in [7, 11) is 1.64. The van der Waals surface area contributed by atoms with Gasteiger partial charge in [0.05, 0.1) is 25.2 Å². The molecule has 164 valence electrons. The van der Waals surface area contributed by atoms with E-state index in [0.717, 1.165) is 29.9 Å². The SMILES string of the molecule is COc1cccc(-c2nnc(SC(C)C(=O)NC3CCCCC3)n2Cc2ccco2)c1. The number of aromatic nitrogens is 3. The third kappa shape index (κ3) is 5.31. The van der Waals surface area contributed by atoms with E-state index in [1.165, 1.54) is 31.0 Å². The van der Waals surface area contributed by atoms with Gasteiger partial charge in [0.1, 0.15) is 11.5 Å². The number of methoxy groups -OCH3 is 1. The van der Waals surface area contributed by atoms with Crippen molar-refractivity contribution < 1.29 is 13.9 Å². The smallest absolute Gasteiger partial charge is 0.233 e. The lowest BCUT2D eigenvalue weighted by atomic mass is 9.95. The molecule has 8 heteroatoms. The van der Waals surface area contributed by atoms with Gasteiger partial charge in [0.25, 0.3) is 0 Å². The van der Waals surface area contributed by atoms with Crippen molar-refractivity contribution in [3.8, 4) is 17.1 Å². The number of nitrogens with one attached hydrogen (secondary N) is 1. The quantitative estimate of drug-likeness (QED) is 0.519. The largest absolute Gasteiger partial charge is 0.497 e. The summed E-state index contributed by atoms with van der Waals surface area (Å²) in [5, 5.41) is 12.5. The number of rotatable bonds is 8. The molecule has 0 radical (unpaired) electrons. The Kier molecular flexibility index (Phi) is 6.96. The van der Waals surface area contributed by atoms with E-state index in [2.05, 4.69) is 15.5 Å². The van der Waals surface area contributed by atoms with Crippen molar-refractivity contribution in [3.63, 3.8) is 0 Å². The van der Waals surface area contributed by atoms with Gasteiger partial charge in [0.2, 0.25) is 5.91 Å². The zero-order valence-corrected chi connectivity index (χ0v) is 18.7. The fourth-order valence-electron chi connectivity index (χ4n) is 3.83. The van der Waals surface area contributed by atoms with E-state index >= 15 is 0 Å². The van der Waals surface area contributed by atoms with Gasteiger partial charge in [-0.25, -0.2) is 0 Å². The van der Waals surface area contributed by atoms with Gasteiger partial charge in [-0.2, -0.15) is 0 Å². The molecule has 1 aliphatic carbocycles. The van der Waals surface area contributed by atoms with Crippen LogP contribution in [0.15, 0.2) is 52.2 Å². The van der Waals surface area contributed by atoms with Crippen LogP contribution < -0.4 is 10.1 Å². The molecule has 1 aliphatic rings. The molecule has 0 aliphatic heterocycles. The van der Waals surface area contributed by atoms with Crippen molar-refractivity contribution in [1.29, 1.82) is 0 Å². The first-order chi connectivity index (χ1) is 15.1. The lowest BCUT2D eigenvalue weighted by Gasteiger charge is -2.24. The highest BCUT2D eigenvalue weighted by atomic mass is 32.2. The Morgan fingerprint density at radius 2 is 2.10 bits per heavy atom. The lowest BCUT2D eigenvalue weighted by molar-refractivity contribution is -0.121. The number of hydrogen-bond acceptors (Lipinski definition) is 6. The van der Waals surface area contributed by atoms with Crippen LogP contribution in [0.3, 0.4) is 0 Å². The minimum absolute atomic E-state index is 0.0485. The molecule has 0 spiro atoms. The molecule has 1 saturated carbocycles. The number of benzene rings is 1. The highest BCUT2D eigenvalue weighted by Gasteiger charge is 2.24.